The largest absolute Gasteiger partial charge is 0.490 e. The quantitative estimate of drug-likeness (QED) is 0.696. The number of aliphatic carboxylic acids is 1. The Kier molecular flexibility index (Phi) is 7.93. The van der Waals surface area contributed by atoms with Gasteiger partial charge in [-0.05, 0) is 36.5 Å². The summed E-state index contributed by atoms with van der Waals surface area (Å²) < 4.78 is 59.4. The lowest BCUT2D eigenvalue weighted by Gasteiger charge is -2.22. The van der Waals surface area contributed by atoms with Crippen molar-refractivity contribution in [2.75, 3.05) is 19.6 Å². The summed E-state index contributed by atoms with van der Waals surface area (Å²) in [6.07, 6.45) is -0.668. The van der Waals surface area contributed by atoms with Crippen LogP contribution in [0.5, 0.6) is 0 Å². The van der Waals surface area contributed by atoms with Gasteiger partial charge in [0.1, 0.15) is 0 Å². The number of sulfonamides is 1. The van der Waals surface area contributed by atoms with E-state index < -0.39 is 27.4 Å². The zero-order valence-electron chi connectivity index (χ0n) is 18.1. The first-order chi connectivity index (χ1) is 16.0. The smallest absolute Gasteiger partial charge is 0.475 e. The maximum absolute atomic E-state index is 13.0. The Morgan fingerprint density at radius 1 is 1.03 bits per heavy atom. The maximum atomic E-state index is 13.0. The summed E-state index contributed by atoms with van der Waals surface area (Å²) in [5, 5.41) is 6.73. The molecular formula is C22H24F3N3O5S. The molecule has 2 aromatic rings. The fraction of sp³-hybridized carbons (Fsp3) is 0.409. The SMILES string of the molecule is O=C(O)C(F)(F)F.O=C(c1ccncc1)N1CC[C@@H]2CN(Cc3ccccc3)S(=O)(=O)[C@@H]2CC1. The molecule has 2 aliphatic heterocycles. The molecule has 2 saturated heterocycles. The Hall–Kier alpha value is -2.99. The highest BCUT2D eigenvalue weighted by Gasteiger charge is 2.47. The molecule has 12 heteroatoms. The lowest BCUT2D eigenvalue weighted by Crippen LogP contribution is -2.34. The molecule has 8 nitrogen and oxygen atoms in total. The van der Waals surface area contributed by atoms with Crippen molar-refractivity contribution in [3.63, 3.8) is 0 Å². The summed E-state index contributed by atoms with van der Waals surface area (Å²) in [5.74, 6) is -2.72. The van der Waals surface area contributed by atoms with Crippen molar-refractivity contribution in [3.05, 3.63) is 66.0 Å². The van der Waals surface area contributed by atoms with E-state index in [1.807, 2.05) is 30.3 Å². The molecule has 1 N–H and O–H groups in total. The highest BCUT2D eigenvalue weighted by atomic mass is 32.2. The normalized spacial score (nSPS) is 22.1. The van der Waals surface area contributed by atoms with Gasteiger partial charge in [-0.2, -0.15) is 17.5 Å². The first kappa shape index (κ1) is 25.6. The molecule has 3 heterocycles. The van der Waals surface area contributed by atoms with Crippen molar-refractivity contribution in [3.8, 4) is 0 Å². The van der Waals surface area contributed by atoms with E-state index in [-0.39, 0.29) is 11.8 Å². The molecule has 0 saturated carbocycles. The van der Waals surface area contributed by atoms with Gasteiger partial charge in [0.2, 0.25) is 10.0 Å². The van der Waals surface area contributed by atoms with Gasteiger partial charge in [-0.25, -0.2) is 13.2 Å². The lowest BCUT2D eigenvalue weighted by molar-refractivity contribution is -0.192. The Labute approximate surface area is 195 Å². The highest BCUT2D eigenvalue weighted by molar-refractivity contribution is 7.90. The van der Waals surface area contributed by atoms with E-state index in [1.165, 1.54) is 0 Å². The van der Waals surface area contributed by atoms with Crippen molar-refractivity contribution < 1.29 is 36.3 Å². The van der Waals surface area contributed by atoms with Gasteiger partial charge in [0.15, 0.2) is 0 Å². The van der Waals surface area contributed by atoms with E-state index in [1.54, 1.807) is 33.7 Å². The molecule has 4 rings (SSSR count). The van der Waals surface area contributed by atoms with Crippen molar-refractivity contribution in [1.82, 2.24) is 14.2 Å². The molecule has 2 fully saturated rings. The number of halogens is 3. The second kappa shape index (κ2) is 10.5. The summed E-state index contributed by atoms with van der Waals surface area (Å²) in [7, 11) is -3.34. The Balaban J connectivity index is 0.000000406. The van der Waals surface area contributed by atoms with Crippen LogP contribution in [-0.4, -0.2) is 70.7 Å². The fourth-order valence-corrected chi connectivity index (χ4v) is 6.34. The van der Waals surface area contributed by atoms with Crippen LogP contribution < -0.4 is 0 Å². The van der Waals surface area contributed by atoms with E-state index in [0.29, 0.717) is 44.6 Å². The minimum Gasteiger partial charge on any atom is -0.475 e. The molecule has 1 amide bonds. The monoisotopic (exact) mass is 499 g/mol. The average Bonchev–Trinajstić information content (AvgIpc) is 2.93. The summed E-state index contributed by atoms with van der Waals surface area (Å²) >= 11 is 0. The van der Waals surface area contributed by atoms with Crippen molar-refractivity contribution in [1.29, 1.82) is 0 Å². The van der Waals surface area contributed by atoms with Crippen LogP contribution in [-0.2, 0) is 21.4 Å². The topological polar surface area (TPSA) is 108 Å². The molecule has 0 spiro atoms. The molecule has 2 atom stereocenters. The summed E-state index contributed by atoms with van der Waals surface area (Å²) in [4.78, 5) is 27.3. The van der Waals surface area contributed by atoms with Gasteiger partial charge in [0.25, 0.3) is 5.91 Å². The van der Waals surface area contributed by atoms with Crippen LogP contribution in [0.3, 0.4) is 0 Å². The number of hydrogen-bond acceptors (Lipinski definition) is 5. The molecule has 34 heavy (non-hydrogen) atoms. The Morgan fingerprint density at radius 3 is 2.21 bits per heavy atom. The average molecular weight is 500 g/mol. The van der Waals surface area contributed by atoms with Gasteiger partial charge in [-0.1, -0.05) is 30.3 Å². The van der Waals surface area contributed by atoms with Gasteiger partial charge < -0.3 is 10.0 Å². The van der Waals surface area contributed by atoms with Crippen LogP contribution >= 0.6 is 0 Å². The van der Waals surface area contributed by atoms with Crippen LogP contribution in [0.25, 0.3) is 0 Å². The number of aromatic nitrogens is 1. The van der Waals surface area contributed by atoms with E-state index in [0.717, 1.165) is 5.56 Å². The van der Waals surface area contributed by atoms with Gasteiger partial charge in [-0.3, -0.25) is 9.78 Å². The van der Waals surface area contributed by atoms with Crippen LogP contribution in [0.1, 0.15) is 28.8 Å². The first-order valence-electron chi connectivity index (χ1n) is 10.5. The maximum Gasteiger partial charge on any atom is 0.490 e. The van der Waals surface area contributed by atoms with Crippen molar-refractivity contribution in [2.45, 2.75) is 30.8 Å². The van der Waals surface area contributed by atoms with Crippen LogP contribution in [0.15, 0.2) is 54.9 Å². The van der Waals surface area contributed by atoms with Crippen LogP contribution in [0.4, 0.5) is 13.2 Å². The second-order valence-corrected chi connectivity index (χ2v) is 10.2. The minimum atomic E-state index is -5.08. The van der Waals surface area contributed by atoms with Crippen molar-refractivity contribution >= 4 is 21.9 Å². The third-order valence-electron chi connectivity index (χ3n) is 5.82. The molecule has 1 aromatic carbocycles. The number of nitrogens with zero attached hydrogens (tertiary/aromatic N) is 3. The predicted molar refractivity (Wildman–Crippen MR) is 116 cm³/mol. The number of carbonyl (C=O) groups excluding carboxylic acids is 1. The number of amides is 1. The van der Waals surface area contributed by atoms with Crippen molar-refractivity contribution in [2.24, 2.45) is 5.92 Å². The van der Waals surface area contributed by atoms with Gasteiger partial charge in [0.05, 0.1) is 5.25 Å². The molecule has 0 unspecified atom stereocenters. The van der Waals surface area contributed by atoms with Crippen LogP contribution in [0.2, 0.25) is 0 Å². The highest BCUT2D eigenvalue weighted by Crippen LogP contribution is 2.35. The molecule has 1 aromatic heterocycles. The number of hydrogen-bond donors (Lipinski definition) is 1. The number of carbonyl (C=O) groups is 2. The summed E-state index contributed by atoms with van der Waals surface area (Å²) in [6.45, 7) is 2.03. The first-order valence-corrected chi connectivity index (χ1v) is 12.0. The minimum absolute atomic E-state index is 0.0455. The number of alkyl halides is 3. The summed E-state index contributed by atoms with van der Waals surface area (Å²) in [6, 6.07) is 13.1. The molecule has 2 aliphatic rings. The number of likely N-dealkylation sites (tertiary alicyclic amines) is 1. The molecule has 0 aliphatic carbocycles. The van der Waals surface area contributed by atoms with Gasteiger partial charge >= 0.3 is 12.1 Å². The number of benzene rings is 1. The van der Waals surface area contributed by atoms with Gasteiger partial charge in [-0.15, -0.1) is 0 Å². The van der Waals surface area contributed by atoms with Crippen LogP contribution in [0, 0.1) is 5.92 Å². The Morgan fingerprint density at radius 2 is 1.62 bits per heavy atom. The number of carboxylic acid groups (broad SMARTS) is 1. The summed E-state index contributed by atoms with van der Waals surface area (Å²) in [5.41, 5.74) is 1.61. The van der Waals surface area contributed by atoms with E-state index in [2.05, 4.69) is 4.98 Å². The molecule has 0 bridgehead atoms. The molecule has 184 valence electrons. The zero-order chi connectivity index (χ0) is 24.9. The third-order valence-corrected chi connectivity index (χ3v) is 8.20. The van der Waals surface area contributed by atoms with Gasteiger partial charge in [0, 0.05) is 44.1 Å². The third kappa shape index (κ3) is 6.11. The number of carboxylic acids is 1. The lowest BCUT2D eigenvalue weighted by atomic mass is 10.0. The van der Waals surface area contributed by atoms with E-state index >= 15 is 0 Å². The molecular weight excluding hydrogens is 475 g/mol. The number of rotatable bonds is 3. The Bertz CT molecular complexity index is 1100. The fourth-order valence-electron chi connectivity index (χ4n) is 4.12. The van der Waals surface area contributed by atoms with E-state index in [4.69, 9.17) is 9.90 Å². The second-order valence-electron chi connectivity index (χ2n) is 8.03. The molecule has 0 radical (unpaired) electrons. The predicted octanol–water partition coefficient (Wildman–Crippen LogP) is 2.78. The zero-order valence-corrected chi connectivity index (χ0v) is 18.9. The number of pyridine rings is 1. The van der Waals surface area contributed by atoms with E-state index in [9.17, 15) is 26.4 Å². The standard InChI is InChI=1S/C20H23N3O3S.C2HF3O2/c24-20(17-6-10-21-11-7-17)22-12-8-18-15-23(14-16-4-2-1-3-5-16)27(25,26)19(18)9-13-22;3-2(4,5)1(6)7/h1-7,10-11,18-19H,8-9,12-15H2;(H,6,7)/t18-,19-;/m1./s1. The number of fused-ring (bicyclic) bond motifs is 1.